The second-order valence-electron chi connectivity index (χ2n) is 18.1. The normalized spacial score (nSPS) is 20.9. The fraction of sp³-hybridized carbons (Fsp3) is 0.627. The molecule has 7 atom stereocenters. The number of hydrogen-bond donors (Lipinski definition) is 4. The number of fused-ring (bicyclic) bond motifs is 1. The monoisotopic (exact) mass is 982 g/mol. The van der Waals surface area contributed by atoms with Crippen molar-refractivity contribution in [3.05, 3.63) is 60.2 Å². The number of nitrogens with zero attached hydrogens (tertiary/aromatic N) is 1. The van der Waals surface area contributed by atoms with E-state index < -0.39 is 54.3 Å². The third kappa shape index (κ3) is 24.7. The van der Waals surface area contributed by atoms with Gasteiger partial charge in [0.15, 0.2) is 5.78 Å². The maximum absolute atomic E-state index is 13.2. The lowest BCUT2D eigenvalue weighted by molar-refractivity contribution is -0.152. The number of benzene rings is 1. The average Bonchev–Trinajstić information content (AvgIpc) is 3.71. The average molecular weight is 982 g/mol. The fourth-order valence-electron chi connectivity index (χ4n) is 8.14. The van der Waals surface area contributed by atoms with Gasteiger partial charge in [0.2, 0.25) is 11.8 Å². The first kappa shape index (κ1) is 58.5. The van der Waals surface area contributed by atoms with Crippen molar-refractivity contribution in [1.29, 1.82) is 0 Å². The fourth-order valence-corrected chi connectivity index (χ4v) is 8.14. The van der Waals surface area contributed by atoms with Crippen LogP contribution in [0.2, 0.25) is 0 Å². The Morgan fingerprint density at radius 2 is 1.46 bits per heavy atom. The molecule has 0 radical (unpaired) electrons. The molecular formula is C51H75N5O14. The van der Waals surface area contributed by atoms with Gasteiger partial charge in [0, 0.05) is 37.9 Å². The predicted octanol–water partition coefficient (Wildman–Crippen LogP) is 4.34. The van der Waals surface area contributed by atoms with Gasteiger partial charge in [-0.15, -0.1) is 0 Å². The van der Waals surface area contributed by atoms with Crippen LogP contribution in [0.15, 0.2) is 54.6 Å². The van der Waals surface area contributed by atoms with Crippen molar-refractivity contribution < 1.29 is 66.8 Å². The summed E-state index contributed by atoms with van der Waals surface area (Å²) in [6.45, 7) is 3.97. The number of amides is 2. The smallest absolute Gasteiger partial charge is 0.461 e. The number of allylic oxidation sites excluding steroid dienone is 2. The first-order chi connectivity index (χ1) is 33.5. The van der Waals surface area contributed by atoms with Crippen LogP contribution < -0.4 is 21.3 Å². The van der Waals surface area contributed by atoms with Crippen LogP contribution in [-0.4, -0.2) is 136 Å². The molecule has 19 nitrogen and oxygen atoms in total. The Morgan fingerprint density at radius 1 is 0.800 bits per heavy atom. The minimum atomic E-state index is -1.14. The Morgan fingerprint density at radius 3 is 2.10 bits per heavy atom. The van der Waals surface area contributed by atoms with Crippen molar-refractivity contribution in [2.24, 2.45) is 11.8 Å². The van der Waals surface area contributed by atoms with Gasteiger partial charge in [0.05, 0.1) is 44.1 Å². The summed E-state index contributed by atoms with van der Waals surface area (Å²) in [6.07, 6.45) is 10.1. The van der Waals surface area contributed by atoms with Crippen LogP contribution in [0.4, 0.5) is 4.79 Å². The summed E-state index contributed by atoms with van der Waals surface area (Å²) in [7, 11) is 5.24. The van der Waals surface area contributed by atoms with Gasteiger partial charge >= 0.3 is 30.0 Å². The van der Waals surface area contributed by atoms with Crippen LogP contribution in [0.1, 0.15) is 116 Å². The molecule has 2 amide bonds. The molecule has 1 heterocycles. The van der Waals surface area contributed by atoms with Gasteiger partial charge in [-0.3, -0.25) is 38.5 Å². The summed E-state index contributed by atoms with van der Waals surface area (Å²) < 4.78 is 26.7. The number of likely N-dealkylation sites (N-methyl/N-ethyl adjacent to an activating group) is 2. The van der Waals surface area contributed by atoms with E-state index in [4.69, 9.17) is 18.9 Å². The van der Waals surface area contributed by atoms with Crippen LogP contribution >= 0.6 is 0 Å². The van der Waals surface area contributed by atoms with Crippen LogP contribution in [-0.2, 0) is 68.6 Å². The molecule has 1 aromatic carbocycles. The molecule has 1 saturated carbocycles. The number of nitrogens with one attached hydrogen (secondary N) is 4. The molecule has 4 N–H and O–H groups in total. The van der Waals surface area contributed by atoms with Crippen LogP contribution in [0.25, 0.3) is 0 Å². The first-order valence-electron chi connectivity index (χ1n) is 24.5. The van der Waals surface area contributed by atoms with Gasteiger partial charge in [-0.2, -0.15) is 0 Å². The largest absolute Gasteiger partial charge is 0.516 e. The molecule has 70 heavy (non-hydrogen) atoms. The summed E-state index contributed by atoms with van der Waals surface area (Å²) in [5.74, 6) is -3.72. The molecule has 1 aromatic rings. The minimum Gasteiger partial charge on any atom is -0.461 e. The van der Waals surface area contributed by atoms with Crippen molar-refractivity contribution in [3.8, 4) is 0 Å². The summed E-state index contributed by atoms with van der Waals surface area (Å²) in [5.41, 5.74) is 0.731. The topological polar surface area (TPSA) is 251 Å². The number of cyclic esters (lactones) is 1. The molecule has 0 spiro atoms. The Hall–Kier alpha value is -5.79. The molecule has 1 fully saturated rings. The van der Waals surface area contributed by atoms with E-state index in [1.54, 1.807) is 50.3 Å². The molecule has 0 bridgehead atoms. The number of esters is 4. The summed E-state index contributed by atoms with van der Waals surface area (Å²) >= 11 is 0. The van der Waals surface area contributed by atoms with Crippen LogP contribution in [0.3, 0.4) is 0 Å². The summed E-state index contributed by atoms with van der Waals surface area (Å²) in [5, 5.41) is 11.6. The highest BCUT2D eigenvalue weighted by Gasteiger charge is 2.40. The summed E-state index contributed by atoms with van der Waals surface area (Å²) in [6, 6.07) is 7.85. The molecule has 1 aliphatic heterocycles. The molecule has 1 aliphatic carbocycles. The number of unbranched alkanes of at least 4 members (excludes halogenated alkanes) is 2. The maximum Gasteiger partial charge on any atom is 0.516 e. The predicted molar refractivity (Wildman–Crippen MR) is 257 cm³/mol. The Balaban J connectivity index is 1.33. The van der Waals surface area contributed by atoms with E-state index in [9.17, 15) is 43.2 Å². The zero-order valence-corrected chi connectivity index (χ0v) is 41.5. The molecule has 19 heteroatoms. The Bertz CT molecular complexity index is 1920. The van der Waals surface area contributed by atoms with Gasteiger partial charge in [0.1, 0.15) is 24.6 Å². The highest BCUT2D eigenvalue weighted by atomic mass is 16.7. The molecule has 388 valence electrons. The van der Waals surface area contributed by atoms with E-state index in [2.05, 4.69) is 38.2 Å². The molecule has 3 rings (SSSR count). The van der Waals surface area contributed by atoms with E-state index in [1.807, 2.05) is 13.0 Å². The Kier molecular flexibility index (Phi) is 27.5. The minimum absolute atomic E-state index is 0.0297. The van der Waals surface area contributed by atoms with Crippen molar-refractivity contribution >= 4 is 53.4 Å². The van der Waals surface area contributed by atoms with Crippen molar-refractivity contribution in [2.45, 2.75) is 147 Å². The first-order valence-corrected chi connectivity index (χ1v) is 24.5. The second kappa shape index (κ2) is 32.9. The van der Waals surface area contributed by atoms with E-state index in [-0.39, 0.29) is 86.8 Å². The van der Waals surface area contributed by atoms with E-state index in [1.165, 1.54) is 19.1 Å². The third-order valence-corrected chi connectivity index (χ3v) is 11.9. The lowest BCUT2D eigenvalue weighted by Gasteiger charge is -2.25. The molecule has 0 aromatic heterocycles. The van der Waals surface area contributed by atoms with Crippen molar-refractivity contribution in [1.82, 2.24) is 26.2 Å². The standard InChI is InChI=1S/C51H75N5O14/c1-35-16-8-6-11-19-38-30-39(68-50(64)33-56(4)5)31-40(38)44(22-25-47(61)67-35)69-48(62)26-23-45(59)54-29-15-13-21-42(52-3)43(58)32-55-41(36(2)57)20-12-14-28-53-46(60)24-27-49(63)70-51(65)66-34-37-17-9-7-10-18-37/h7,9-11,17-19,22,25,35,38-42,44,52,55H,6,8,12-16,20-21,23-24,26-34H2,1-5H3,(H,53,60)(H,54,59)/b19-11+,25-22+. The van der Waals surface area contributed by atoms with Crippen molar-refractivity contribution in [2.75, 3.05) is 47.3 Å². The van der Waals surface area contributed by atoms with Crippen LogP contribution in [0.5, 0.6) is 0 Å². The molecule has 7 unspecified atom stereocenters. The van der Waals surface area contributed by atoms with E-state index in [0.717, 1.165) is 18.4 Å². The van der Waals surface area contributed by atoms with E-state index >= 15 is 0 Å². The number of carbonyl (C=O) groups excluding carboxylic acids is 9. The van der Waals surface area contributed by atoms with Gasteiger partial charge in [0.25, 0.3) is 0 Å². The second-order valence-corrected chi connectivity index (χ2v) is 18.1. The van der Waals surface area contributed by atoms with Crippen molar-refractivity contribution in [3.63, 3.8) is 0 Å². The van der Waals surface area contributed by atoms with Gasteiger partial charge in [-0.05, 0) is 123 Å². The van der Waals surface area contributed by atoms with Gasteiger partial charge in [-0.25, -0.2) is 9.59 Å². The summed E-state index contributed by atoms with van der Waals surface area (Å²) in [4.78, 5) is 114. The number of ether oxygens (including phenoxy) is 5. The SMILES string of the molecule is CNC(CCCCNC(=O)CCC(=O)OC1/C=C/C(=O)OC(C)CCC/C=C/C2CC(OC(=O)CN(C)C)CC21)C(=O)CNC(CCCCNC(=O)CCC(=O)OC(=O)OCc1ccccc1)C(C)=O. The number of carbonyl (C=O) groups is 9. The highest BCUT2D eigenvalue weighted by Crippen LogP contribution is 2.39. The number of Topliss-reactive ketones (excluding diaryl/α,β-unsaturated/α-hetero) is 2. The lowest BCUT2D eigenvalue weighted by Crippen LogP contribution is -2.45. The molecule has 0 saturated heterocycles. The Labute approximate surface area is 411 Å². The zero-order valence-electron chi connectivity index (χ0n) is 41.5. The van der Waals surface area contributed by atoms with Gasteiger partial charge < -0.3 is 45.0 Å². The highest BCUT2D eigenvalue weighted by molar-refractivity contribution is 5.88. The van der Waals surface area contributed by atoms with Crippen LogP contribution in [0, 0.1) is 11.8 Å². The zero-order chi connectivity index (χ0) is 51.3. The number of hydrogen-bond acceptors (Lipinski definition) is 17. The molecular weight excluding hydrogens is 907 g/mol. The molecule has 2 aliphatic rings. The van der Waals surface area contributed by atoms with Gasteiger partial charge in [-0.1, -0.05) is 42.5 Å². The maximum atomic E-state index is 13.2. The number of ketones is 2. The third-order valence-electron chi connectivity index (χ3n) is 11.9. The number of rotatable bonds is 28. The van der Waals surface area contributed by atoms with E-state index in [0.29, 0.717) is 70.9 Å². The quantitative estimate of drug-likeness (QED) is 0.0300. The lowest BCUT2D eigenvalue weighted by atomic mass is 9.89.